The molecule has 1 aliphatic rings. The number of carboxylic acid groups (broad SMARTS) is 1. The summed E-state index contributed by atoms with van der Waals surface area (Å²) in [6, 6.07) is 0.874. The van der Waals surface area contributed by atoms with Crippen LogP contribution in [0.2, 0.25) is 0 Å². The Morgan fingerprint density at radius 3 is 2.86 bits per heavy atom. The first-order valence-corrected chi connectivity index (χ1v) is 7.51. The number of aliphatic carboxylic acids is 1. The van der Waals surface area contributed by atoms with Crippen molar-refractivity contribution in [1.29, 1.82) is 0 Å². The molecule has 21 heavy (non-hydrogen) atoms. The summed E-state index contributed by atoms with van der Waals surface area (Å²) in [6.45, 7) is 0.0700. The molecular formula is C13H15BN2O4S. The highest BCUT2D eigenvalue weighted by molar-refractivity contribution is 7.13. The maximum absolute atomic E-state index is 12.3. The third kappa shape index (κ3) is 4.07. The van der Waals surface area contributed by atoms with E-state index < -0.39 is 12.0 Å². The van der Waals surface area contributed by atoms with Gasteiger partial charge in [0.05, 0.1) is 4.88 Å². The van der Waals surface area contributed by atoms with Crippen LogP contribution in [0.15, 0.2) is 11.4 Å². The summed E-state index contributed by atoms with van der Waals surface area (Å²) in [5.74, 6) is -1.75. The molecule has 0 spiro atoms. The summed E-state index contributed by atoms with van der Waals surface area (Å²) in [4.78, 5) is 36.9. The van der Waals surface area contributed by atoms with Gasteiger partial charge in [-0.3, -0.25) is 14.4 Å². The van der Waals surface area contributed by atoms with Crippen molar-refractivity contribution in [3.05, 3.63) is 16.3 Å². The molecule has 1 fully saturated rings. The molecule has 2 rings (SSSR count). The number of amides is 2. The monoisotopic (exact) mass is 306 g/mol. The Kier molecular flexibility index (Phi) is 5.00. The molecule has 110 valence electrons. The number of rotatable bonds is 4. The van der Waals surface area contributed by atoms with Crippen LogP contribution in [-0.4, -0.2) is 54.8 Å². The fraction of sp³-hybridized carbons (Fsp3) is 0.462. The predicted octanol–water partition coefficient (Wildman–Crippen LogP) is -0.263. The van der Waals surface area contributed by atoms with Gasteiger partial charge in [0, 0.05) is 6.54 Å². The van der Waals surface area contributed by atoms with Gasteiger partial charge in [0.2, 0.25) is 5.91 Å². The van der Waals surface area contributed by atoms with E-state index in [1.807, 2.05) is 0 Å². The lowest BCUT2D eigenvalue weighted by molar-refractivity contribution is -0.144. The summed E-state index contributed by atoms with van der Waals surface area (Å²) in [6.07, 6.45) is 2.01. The molecule has 0 aromatic carbocycles. The Balaban J connectivity index is 2.05. The van der Waals surface area contributed by atoms with Gasteiger partial charge in [0.15, 0.2) is 0 Å². The van der Waals surface area contributed by atoms with Gasteiger partial charge in [-0.1, -0.05) is 5.46 Å². The zero-order valence-corrected chi connectivity index (χ0v) is 12.2. The summed E-state index contributed by atoms with van der Waals surface area (Å²) in [5, 5.41) is 13.2. The van der Waals surface area contributed by atoms with Crippen LogP contribution >= 0.6 is 11.3 Å². The summed E-state index contributed by atoms with van der Waals surface area (Å²) in [7, 11) is 5.57. The number of carbonyl (C=O) groups is 3. The molecule has 1 aromatic rings. The molecule has 2 heterocycles. The van der Waals surface area contributed by atoms with Crippen LogP contribution in [0.3, 0.4) is 0 Å². The van der Waals surface area contributed by atoms with Crippen molar-refractivity contribution in [2.75, 3.05) is 13.1 Å². The van der Waals surface area contributed by atoms with E-state index in [1.165, 1.54) is 16.2 Å². The second-order valence-corrected chi connectivity index (χ2v) is 5.83. The number of carbonyl (C=O) groups excluding carboxylic acids is 2. The normalized spacial score (nSPS) is 19.1. The molecule has 1 atom stereocenters. The maximum Gasteiger partial charge on any atom is 0.323 e. The van der Waals surface area contributed by atoms with Gasteiger partial charge in [0.25, 0.3) is 5.91 Å². The standard InChI is InChI=1S/C13H15BN2O4S/c14-8-5-10(21-7-8)12(19)15-9-3-1-2-4-16(13(9)20)6-11(17)18/h5,7,9H,1-4,6H2,(H,15,19)(H,17,18)/t9-/m0/s1. The maximum atomic E-state index is 12.3. The van der Waals surface area contributed by atoms with Crippen molar-refractivity contribution in [2.24, 2.45) is 0 Å². The summed E-state index contributed by atoms with van der Waals surface area (Å²) in [5.41, 5.74) is 0.504. The van der Waals surface area contributed by atoms with E-state index in [0.29, 0.717) is 23.3 Å². The van der Waals surface area contributed by atoms with Gasteiger partial charge in [-0.05, 0) is 30.7 Å². The molecule has 1 aromatic heterocycles. The second kappa shape index (κ2) is 6.75. The first kappa shape index (κ1) is 15.6. The lowest BCUT2D eigenvalue weighted by atomic mass is 10.0. The molecule has 0 saturated carbocycles. The number of carboxylic acids is 1. The summed E-state index contributed by atoms with van der Waals surface area (Å²) >= 11 is 1.21. The second-order valence-electron chi connectivity index (χ2n) is 4.92. The van der Waals surface area contributed by atoms with Crippen molar-refractivity contribution in [1.82, 2.24) is 10.2 Å². The molecular weight excluding hydrogens is 291 g/mol. The van der Waals surface area contributed by atoms with Crippen molar-refractivity contribution in [2.45, 2.75) is 25.3 Å². The Morgan fingerprint density at radius 2 is 2.24 bits per heavy atom. The SMILES string of the molecule is [B]c1csc(C(=O)N[C@H]2CCCCN(CC(=O)O)C2=O)c1. The zero-order chi connectivity index (χ0) is 15.4. The van der Waals surface area contributed by atoms with Gasteiger partial charge in [-0.15, -0.1) is 11.3 Å². The topological polar surface area (TPSA) is 86.7 Å². The van der Waals surface area contributed by atoms with E-state index in [2.05, 4.69) is 5.32 Å². The van der Waals surface area contributed by atoms with E-state index in [-0.39, 0.29) is 18.4 Å². The Labute approximate surface area is 127 Å². The fourth-order valence-corrected chi connectivity index (χ4v) is 2.96. The van der Waals surface area contributed by atoms with Crippen LogP contribution in [0.25, 0.3) is 0 Å². The van der Waals surface area contributed by atoms with Gasteiger partial charge in [-0.25, -0.2) is 0 Å². The van der Waals surface area contributed by atoms with E-state index in [4.69, 9.17) is 13.0 Å². The molecule has 1 saturated heterocycles. The molecule has 8 heteroatoms. The average Bonchev–Trinajstić information content (AvgIpc) is 2.79. The third-order valence-corrected chi connectivity index (χ3v) is 4.20. The number of nitrogens with one attached hydrogen (secondary N) is 1. The number of thiophene rings is 1. The predicted molar refractivity (Wildman–Crippen MR) is 79.0 cm³/mol. The Hall–Kier alpha value is -1.83. The van der Waals surface area contributed by atoms with Crippen molar-refractivity contribution in [3.8, 4) is 0 Å². The average molecular weight is 306 g/mol. The quantitative estimate of drug-likeness (QED) is 0.750. The third-order valence-electron chi connectivity index (χ3n) is 3.26. The van der Waals surface area contributed by atoms with Crippen LogP contribution in [0.4, 0.5) is 0 Å². The first-order chi connectivity index (χ1) is 9.97. The number of hydrogen-bond donors (Lipinski definition) is 2. The van der Waals surface area contributed by atoms with Crippen molar-refractivity contribution >= 4 is 42.4 Å². The van der Waals surface area contributed by atoms with Crippen LogP contribution < -0.4 is 10.8 Å². The first-order valence-electron chi connectivity index (χ1n) is 6.63. The molecule has 0 aliphatic carbocycles. The number of likely N-dealkylation sites (tertiary alicyclic amines) is 1. The van der Waals surface area contributed by atoms with E-state index in [1.54, 1.807) is 11.4 Å². The van der Waals surface area contributed by atoms with Crippen LogP contribution in [-0.2, 0) is 9.59 Å². The van der Waals surface area contributed by atoms with E-state index in [9.17, 15) is 14.4 Å². The van der Waals surface area contributed by atoms with Crippen molar-refractivity contribution < 1.29 is 19.5 Å². The Bertz CT molecular complexity index is 560. The van der Waals surface area contributed by atoms with Crippen LogP contribution in [0.5, 0.6) is 0 Å². The molecule has 0 unspecified atom stereocenters. The molecule has 6 nitrogen and oxygen atoms in total. The molecule has 2 radical (unpaired) electrons. The van der Waals surface area contributed by atoms with E-state index in [0.717, 1.165) is 12.8 Å². The van der Waals surface area contributed by atoms with Gasteiger partial charge in [-0.2, -0.15) is 0 Å². The lowest BCUT2D eigenvalue weighted by Gasteiger charge is -2.23. The molecule has 0 bridgehead atoms. The highest BCUT2D eigenvalue weighted by Crippen LogP contribution is 2.14. The number of nitrogens with zero attached hydrogens (tertiary/aromatic N) is 1. The van der Waals surface area contributed by atoms with Crippen LogP contribution in [0, 0.1) is 0 Å². The van der Waals surface area contributed by atoms with Gasteiger partial charge >= 0.3 is 5.97 Å². The highest BCUT2D eigenvalue weighted by atomic mass is 32.1. The lowest BCUT2D eigenvalue weighted by Crippen LogP contribution is -2.48. The molecule has 2 amide bonds. The summed E-state index contributed by atoms with van der Waals surface area (Å²) < 4.78 is 0. The highest BCUT2D eigenvalue weighted by Gasteiger charge is 2.29. The zero-order valence-electron chi connectivity index (χ0n) is 11.4. The fourth-order valence-electron chi connectivity index (χ4n) is 2.26. The van der Waals surface area contributed by atoms with Gasteiger partial charge in [0.1, 0.15) is 20.4 Å². The molecule has 2 N–H and O–H groups in total. The van der Waals surface area contributed by atoms with Gasteiger partial charge < -0.3 is 15.3 Å². The Morgan fingerprint density at radius 1 is 1.48 bits per heavy atom. The van der Waals surface area contributed by atoms with Crippen molar-refractivity contribution in [3.63, 3.8) is 0 Å². The molecule has 1 aliphatic heterocycles. The van der Waals surface area contributed by atoms with Crippen LogP contribution in [0.1, 0.15) is 28.9 Å². The number of hydrogen-bond acceptors (Lipinski definition) is 4. The minimum atomic E-state index is -1.05. The minimum absolute atomic E-state index is 0.336. The minimum Gasteiger partial charge on any atom is -0.480 e. The smallest absolute Gasteiger partial charge is 0.323 e. The largest absolute Gasteiger partial charge is 0.480 e. The van der Waals surface area contributed by atoms with E-state index >= 15 is 0 Å².